The highest BCUT2D eigenvalue weighted by molar-refractivity contribution is 5.49. The molecule has 6 heteroatoms. The van der Waals surface area contributed by atoms with E-state index in [9.17, 15) is 14.9 Å². The van der Waals surface area contributed by atoms with Crippen LogP contribution < -0.4 is 0 Å². The molecule has 1 heterocycles. The van der Waals surface area contributed by atoms with Crippen LogP contribution in [0.2, 0.25) is 0 Å². The molecule has 0 bridgehead atoms. The standard InChI is InChI=1S/C15H20N2O4/c18-11-3-1-2-4-14-5-7-15(8-6-14,17(19)20)16-9-12-21-13-10-16/h5-7,11H,1-3,8-10,12-13H2. The minimum atomic E-state index is -1.16. The first-order chi connectivity index (χ1) is 10.2. The Bertz CT molecular complexity index is 441. The van der Waals surface area contributed by atoms with Crippen molar-refractivity contribution in [1.82, 2.24) is 4.90 Å². The molecule has 1 atom stereocenters. The fourth-order valence-corrected chi connectivity index (χ4v) is 2.60. The summed E-state index contributed by atoms with van der Waals surface area (Å²) in [5.41, 5.74) is -0.274. The Hall–Kier alpha value is -1.53. The van der Waals surface area contributed by atoms with Gasteiger partial charge in [-0.15, -0.1) is 0 Å². The maximum Gasteiger partial charge on any atom is 0.300 e. The van der Waals surface area contributed by atoms with Gasteiger partial charge in [0.05, 0.1) is 19.6 Å². The Morgan fingerprint density at radius 2 is 2.24 bits per heavy atom. The van der Waals surface area contributed by atoms with Crippen LogP contribution in [-0.4, -0.2) is 48.1 Å². The summed E-state index contributed by atoms with van der Waals surface area (Å²) in [4.78, 5) is 23.5. The average molecular weight is 292 g/mol. The normalized spacial score (nSPS) is 26.4. The molecule has 114 valence electrons. The fraction of sp³-hybridized carbons (Fsp3) is 0.600. The average Bonchev–Trinajstić information content (AvgIpc) is 2.53. The lowest BCUT2D eigenvalue weighted by molar-refractivity contribution is -0.587. The van der Waals surface area contributed by atoms with Crippen molar-refractivity contribution in [3.8, 4) is 0 Å². The van der Waals surface area contributed by atoms with E-state index < -0.39 is 5.66 Å². The number of morpholine rings is 1. The van der Waals surface area contributed by atoms with Crippen LogP contribution in [0, 0.1) is 16.5 Å². The largest absolute Gasteiger partial charge is 0.379 e. The lowest BCUT2D eigenvalue weighted by Gasteiger charge is -2.37. The van der Waals surface area contributed by atoms with Crippen molar-refractivity contribution < 1.29 is 14.5 Å². The van der Waals surface area contributed by atoms with E-state index in [1.165, 1.54) is 0 Å². The topological polar surface area (TPSA) is 72.7 Å². The third kappa shape index (κ3) is 3.77. The summed E-state index contributed by atoms with van der Waals surface area (Å²) < 4.78 is 5.27. The number of rotatable bonds is 7. The maximum absolute atomic E-state index is 11.6. The highest BCUT2D eigenvalue weighted by Crippen LogP contribution is 2.30. The van der Waals surface area contributed by atoms with E-state index in [0.29, 0.717) is 45.6 Å². The van der Waals surface area contributed by atoms with Crippen LogP contribution in [0.5, 0.6) is 0 Å². The minimum absolute atomic E-state index is 0.214. The van der Waals surface area contributed by atoms with Gasteiger partial charge in [0.25, 0.3) is 5.66 Å². The zero-order valence-electron chi connectivity index (χ0n) is 12.0. The van der Waals surface area contributed by atoms with E-state index in [0.717, 1.165) is 18.3 Å². The van der Waals surface area contributed by atoms with Crippen LogP contribution in [0.3, 0.4) is 0 Å². The lowest BCUT2D eigenvalue weighted by atomic mass is 9.92. The number of nitrogens with zero attached hydrogens (tertiary/aromatic N) is 2. The molecule has 1 fully saturated rings. The van der Waals surface area contributed by atoms with Gasteiger partial charge in [-0.05, 0) is 18.4 Å². The van der Waals surface area contributed by atoms with E-state index in [-0.39, 0.29) is 4.92 Å². The van der Waals surface area contributed by atoms with Gasteiger partial charge >= 0.3 is 0 Å². The Kier molecular flexibility index (Phi) is 5.64. The van der Waals surface area contributed by atoms with Crippen molar-refractivity contribution in [2.24, 2.45) is 0 Å². The van der Waals surface area contributed by atoms with Gasteiger partial charge in [-0.1, -0.05) is 12.2 Å². The number of nitro groups is 1. The van der Waals surface area contributed by atoms with E-state index in [4.69, 9.17) is 4.74 Å². The summed E-state index contributed by atoms with van der Waals surface area (Å²) in [6.45, 7) is 2.20. The second-order valence-electron chi connectivity index (χ2n) is 5.17. The zero-order valence-corrected chi connectivity index (χ0v) is 12.0. The smallest absolute Gasteiger partial charge is 0.300 e. The molecule has 0 aromatic carbocycles. The zero-order chi connectivity index (χ0) is 15.1. The Balaban J connectivity index is 1.97. The molecule has 0 saturated carbocycles. The van der Waals surface area contributed by atoms with E-state index in [2.05, 4.69) is 6.42 Å². The number of aldehydes is 1. The molecule has 0 aromatic heterocycles. The molecule has 0 amide bonds. The highest BCUT2D eigenvalue weighted by Gasteiger charge is 2.47. The summed E-state index contributed by atoms with van der Waals surface area (Å²) >= 11 is 0. The molecule has 0 N–H and O–H groups in total. The molecule has 1 saturated heterocycles. The van der Waals surface area contributed by atoms with Gasteiger partial charge in [0.2, 0.25) is 0 Å². The van der Waals surface area contributed by atoms with Gasteiger partial charge in [0.15, 0.2) is 0 Å². The van der Waals surface area contributed by atoms with E-state index in [1.54, 1.807) is 12.2 Å². The molecule has 1 aliphatic heterocycles. The van der Waals surface area contributed by atoms with Crippen LogP contribution in [0.15, 0.2) is 23.8 Å². The van der Waals surface area contributed by atoms with Gasteiger partial charge in [-0.2, -0.15) is 0 Å². The third-order valence-electron chi connectivity index (χ3n) is 3.85. The van der Waals surface area contributed by atoms with Gasteiger partial charge in [0, 0.05) is 36.9 Å². The first-order valence-electron chi connectivity index (χ1n) is 7.23. The molecule has 0 aromatic rings. The fourth-order valence-electron chi connectivity index (χ4n) is 2.60. The summed E-state index contributed by atoms with van der Waals surface area (Å²) in [5, 5.41) is 11.6. The quantitative estimate of drug-likeness (QED) is 0.308. The highest BCUT2D eigenvalue weighted by atomic mass is 16.6. The number of ether oxygens (including phenoxy) is 1. The first-order valence-corrected chi connectivity index (χ1v) is 7.23. The monoisotopic (exact) mass is 292 g/mol. The van der Waals surface area contributed by atoms with Crippen molar-refractivity contribution in [3.63, 3.8) is 0 Å². The molecular weight excluding hydrogens is 272 g/mol. The third-order valence-corrected chi connectivity index (χ3v) is 3.85. The van der Waals surface area contributed by atoms with Crippen LogP contribution in [0.25, 0.3) is 0 Å². The van der Waals surface area contributed by atoms with Crippen molar-refractivity contribution in [3.05, 3.63) is 40.3 Å². The van der Waals surface area contributed by atoms with Crippen LogP contribution in [0.1, 0.15) is 25.7 Å². The van der Waals surface area contributed by atoms with Gasteiger partial charge < -0.3 is 9.53 Å². The summed E-state index contributed by atoms with van der Waals surface area (Å²) in [6.07, 6.45) is 11.7. The van der Waals surface area contributed by atoms with E-state index >= 15 is 0 Å². The van der Waals surface area contributed by atoms with Gasteiger partial charge in [0.1, 0.15) is 6.29 Å². The second-order valence-corrected chi connectivity index (χ2v) is 5.17. The molecule has 21 heavy (non-hydrogen) atoms. The maximum atomic E-state index is 11.6. The number of unbranched alkanes of at least 4 members (excludes halogenated alkanes) is 2. The Morgan fingerprint density at radius 1 is 1.48 bits per heavy atom. The van der Waals surface area contributed by atoms with Crippen molar-refractivity contribution in [2.75, 3.05) is 26.3 Å². The molecule has 2 rings (SSSR count). The second kappa shape index (κ2) is 7.47. The first kappa shape index (κ1) is 15.9. The van der Waals surface area contributed by atoms with Crippen molar-refractivity contribution >= 4 is 6.29 Å². The van der Waals surface area contributed by atoms with Crippen LogP contribution in [0.4, 0.5) is 0 Å². The molecule has 2 radical (unpaired) electrons. The van der Waals surface area contributed by atoms with Crippen LogP contribution in [-0.2, 0) is 9.53 Å². The number of hydrogen-bond donors (Lipinski definition) is 0. The predicted molar refractivity (Wildman–Crippen MR) is 77.1 cm³/mol. The molecule has 6 nitrogen and oxygen atoms in total. The summed E-state index contributed by atoms with van der Waals surface area (Å²) in [5.74, 6) is 0. The van der Waals surface area contributed by atoms with Crippen molar-refractivity contribution in [2.45, 2.75) is 31.3 Å². The minimum Gasteiger partial charge on any atom is -0.379 e. The summed E-state index contributed by atoms with van der Waals surface area (Å²) in [7, 11) is 0. The molecule has 0 spiro atoms. The predicted octanol–water partition coefficient (Wildman–Crippen LogP) is 1.63. The molecule has 2 aliphatic rings. The molecule has 1 unspecified atom stereocenters. The number of allylic oxidation sites excluding steroid dienone is 2. The van der Waals surface area contributed by atoms with E-state index in [1.807, 2.05) is 11.0 Å². The molecule has 1 aliphatic carbocycles. The number of carbonyl (C=O) groups excluding carboxylic acids is 1. The lowest BCUT2D eigenvalue weighted by Crippen LogP contribution is -2.57. The SMILES string of the molecule is O=CCCC[C]C1=CCC(N2CCOCC2)([N+](=O)[O-])C=C1. The number of hydrogen-bond acceptors (Lipinski definition) is 5. The van der Waals surface area contributed by atoms with Crippen LogP contribution >= 0.6 is 0 Å². The molecular formula is C15H20N2O4. The van der Waals surface area contributed by atoms with Crippen molar-refractivity contribution in [1.29, 1.82) is 0 Å². The summed E-state index contributed by atoms with van der Waals surface area (Å²) in [6, 6.07) is 0. The van der Waals surface area contributed by atoms with Gasteiger partial charge in [-0.25, -0.2) is 4.90 Å². The van der Waals surface area contributed by atoms with Gasteiger partial charge in [-0.3, -0.25) is 10.1 Å². The Morgan fingerprint density at radius 3 is 2.81 bits per heavy atom. The Labute approximate surface area is 124 Å². The number of carbonyl (C=O) groups is 1.